The first-order chi connectivity index (χ1) is 8.61. The van der Waals surface area contributed by atoms with E-state index >= 15 is 0 Å². The largest absolute Gasteiger partial charge is 0.465 e. The normalized spacial score (nSPS) is 11.1. The molecule has 2 aromatic heterocycles. The maximum atomic E-state index is 11.5. The first-order valence-corrected chi connectivity index (χ1v) is 5.68. The van der Waals surface area contributed by atoms with Crippen molar-refractivity contribution in [3.05, 3.63) is 29.7 Å². The summed E-state index contributed by atoms with van der Waals surface area (Å²) in [4.78, 5) is 13.5. The van der Waals surface area contributed by atoms with Gasteiger partial charge in [-0.2, -0.15) is 0 Å². The monoisotopic (exact) mass is 248 g/mol. The predicted molar refractivity (Wildman–Crippen MR) is 66.6 cm³/mol. The Kier molecular flexibility index (Phi) is 3.57. The summed E-state index contributed by atoms with van der Waals surface area (Å²) in [5.41, 5.74) is 1.23. The van der Waals surface area contributed by atoms with Crippen LogP contribution in [-0.4, -0.2) is 53.2 Å². The maximum Gasteiger partial charge on any atom is 0.339 e. The summed E-state index contributed by atoms with van der Waals surface area (Å²) in [6, 6.07) is 3.45. The minimum atomic E-state index is -0.357. The molecule has 6 nitrogen and oxygen atoms in total. The first-order valence-electron chi connectivity index (χ1n) is 5.68. The van der Waals surface area contributed by atoms with Gasteiger partial charge in [0.1, 0.15) is 5.82 Å². The third-order valence-electron chi connectivity index (χ3n) is 2.68. The molecule has 0 unspecified atom stereocenters. The Morgan fingerprint density at radius 1 is 1.39 bits per heavy atom. The van der Waals surface area contributed by atoms with Gasteiger partial charge in [-0.25, -0.2) is 4.79 Å². The molecule has 0 aliphatic carbocycles. The lowest BCUT2D eigenvalue weighted by atomic mass is 10.3. The van der Waals surface area contributed by atoms with Gasteiger partial charge in [0, 0.05) is 19.2 Å². The molecular formula is C12H16N4O2. The Bertz CT molecular complexity index is 562. The average Bonchev–Trinajstić information content (AvgIpc) is 2.77. The molecule has 0 saturated carbocycles. The van der Waals surface area contributed by atoms with E-state index in [9.17, 15) is 4.79 Å². The molecule has 2 rings (SSSR count). The van der Waals surface area contributed by atoms with E-state index in [-0.39, 0.29) is 5.97 Å². The Morgan fingerprint density at radius 3 is 2.83 bits per heavy atom. The van der Waals surface area contributed by atoms with Gasteiger partial charge >= 0.3 is 5.97 Å². The van der Waals surface area contributed by atoms with Gasteiger partial charge in [0.15, 0.2) is 5.65 Å². The van der Waals surface area contributed by atoms with Crippen molar-refractivity contribution in [1.29, 1.82) is 0 Å². The van der Waals surface area contributed by atoms with Gasteiger partial charge in [0.2, 0.25) is 0 Å². The van der Waals surface area contributed by atoms with Crippen molar-refractivity contribution in [2.24, 2.45) is 0 Å². The maximum absolute atomic E-state index is 11.5. The van der Waals surface area contributed by atoms with Crippen molar-refractivity contribution in [3.63, 3.8) is 0 Å². The smallest absolute Gasteiger partial charge is 0.339 e. The summed E-state index contributed by atoms with van der Waals surface area (Å²) in [5, 5.41) is 8.19. The number of esters is 1. The minimum Gasteiger partial charge on any atom is -0.465 e. The van der Waals surface area contributed by atoms with Crippen LogP contribution in [0, 0.1) is 0 Å². The van der Waals surface area contributed by atoms with E-state index in [0.29, 0.717) is 5.56 Å². The topological polar surface area (TPSA) is 59.7 Å². The highest BCUT2D eigenvalue weighted by molar-refractivity contribution is 5.89. The molecular weight excluding hydrogens is 232 g/mol. The van der Waals surface area contributed by atoms with Crippen molar-refractivity contribution >= 4 is 11.6 Å². The van der Waals surface area contributed by atoms with Crippen LogP contribution in [0.1, 0.15) is 16.2 Å². The number of fused-ring (bicyclic) bond motifs is 1. The summed E-state index contributed by atoms with van der Waals surface area (Å²) in [6.07, 6.45) is 2.49. The number of hydrogen-bond acceptors (Lipinski definition) is 5. The highest BCUT2D eigenvalue weighted by Gasteiger charge is 2.10. The lowest BCUT2D eigenvalue weighted by Gasteiger charge is -2.08. The predicted octanol–water partition coefficient (Wildman–Crippen LogP) is 0.620. The van der Waals surface area contributed by atoms with Crippen LogP contribution in [0.15, 0.2) is 18.3 Å². The number of aromatic nitrogens is 3. The van der Waals surface area contributed by atoms with E-state index in [1.54, 1.807) is 18.3 Å². The number of carbonyl (C=O) groups excluding carboxylic acids is 1. The molecule has 2 heterocycles. The van der Waals surface area contributed by atoms with Crippen molar-refractivity contribution < 1.29 is 9.53 Å². The second kappa shape index (κ2) is 5.14. The minimum absolute atomic E-state index is 0.357. The fourth-order valence-electron chi connectivity index (χ4n) is 1.67. The summed E-state index contributed by atoms with van der Waals surface area (Å²) in [7, 11) is 5.37. The number of pyridine rings is 1. The molecule has 96 valence electrons. The SMILES string of the molecule is COC(=O)c1ccc2nnc(CCN(C)C)n2c1. The Morgan fingerprint density at radius 2 is 2.17 bits per heavy atom. The van der Waals surface area contributed by atoms with Crippen LogP contribution in [0.5, 0.6) is 0 Å². The quantitative estimate of drug-likeness (QED) is 0.742. The number of ether oxygens (including phenoxy) is 1. The summed E-state index contributed by atoms with van der Waals surface area (Å²) < 4.78 is 6.53. The van der Waals surface area contributed by atoms with E-state index in [1.165, 1.54) is 7.11 Å². The van der Waals surface area contributed by atoms with Crippen LogP contribution in [0.25, 0.3) is 5.65 Å². The van der Waals surface area contributed by atoms with Gasteiger partial charge in [-0.3, -0.25) is 4.40 Å². The fraction of sp³-hybridized carbons (Fsp3) is 0.417. The highest BCUT2D eigenvalue weighted by Crippen LogP contribution is 2.08. The fourth-order valence-corrected chi connectivity index (χ4v) is 1.67. The molecule has 0 aliphatic rings. The van der Waals surface area contributed by atoms with Crippen molar-refractivity contribution in [1.82, 2.24) is 19.5 Å². The number of hydrogen-bond donors (Lipinski definition) is 0. The Labute approximate surface area is 105 Å². The van der Waals surface area contributed by atoms with Gasteiger partial charge in [-0.05, 0) is 26.2 Å². The standard InChI is InChI=1S/C12H16N4O2/c1-15(2)7-6-11-14-13-10-5-4-9(8-16(10)11)12(17)18-3/h4-5,8H,6-7H2,1-3H3. The molecule has 0 bridgehead atoms. The zero-order chi connectivity index (χ0) is 13.1. The summed E-state index contributed by atoms with van der Waals surface area (Å²) >= 11 is 0. The van der Waals surface area contributed by atoms with Gasteiger partial charge < -0.3 is 9.64 Å². The Balaban J connectivity index is 2.34. The van der Waals surface area contributed by atoms with Gasteiger partial charge in [-0.1, -0.05) is 0 Å². The molecule has 0 spiro atoms. The van der Waals surface area contributed by atoms with Crippen molar-refractivity contribution in [2.45, 2.75) is 6.42 Å². The molecule has 6 heteroatoms. The van der Waals surface area contributed by atoms with Crippen LogP contribution in [-0.2, 0) is 11.2 Å². The molecule has 0 fully saturated rings. The third kappa shape index (κ3) is 2.48. The molecule has 0 saturated heterocycles. The van der Waals surface area contributed by atoms with E-state index < -0.39 is 0 Å². The zero-order valence-corrected chi connectivity index (χ0v) is 10.8. The zero-order valence-electron chi connectivity index (χ0n) is 10.8. The van der Waals surface area contributed by atoms with Crippen LogP contribution >= 0.6 is 0 Å². The molecule has 18 heavy (non-hydrogen) atoms. The van der Waals surface area contributed by atoms with E-state index in [1.807, 2.05) is 18.5 Å². The lowest BCUT2D eigenvalue weighted by Crippen LogP contribution is -2.16. The molecule has 2 aromatic rings. The average molecular weight is 248 g/mol. The molecule has 0 N–H and O–H groups in total. The number of methoxy groups -OCH3 is 1. The van der Waals surface area contributed by atoms with Crippen LogP contribution in [0.2, 0.25) is 0 Å². The van der Waals surface area contributed by atoms with Crippen LogP contribution in [0.3, 0.4) is 0 Å². The second-order valence-electron chi connectivity index (χ2n) is 4.31. The molecule has 0 amide bonds. The van der Waals surface area contributed by atoms with Gasteiger partial charge in [0.05, 0.1) is 12.7 Å². The van der Waals surface area contributed by atoms with E-state index in [4.69, 9.17) is 4.74 Å². The second-order valence-corrected chi connectivity index (χ2v) is 4.31. The summed E-state index contributed by atoms with van der Waals surface area (Å²) in [6.45, 7) is 0.878. The number of rotatable bonds is 4. The van der Waals surface area contributed by atoms with Crippen LogP contribution in [0.4, 0.5) is 0 Å². The molecule has 0 aliphatic heterocycles. The van der Waals surface area contributed by atoms with Gasteiger partial charge in [-0.15, -0.1) is 10.2 Å². The Hall–Kier alpha value is -1.95. The van der Waals surface area contributed by atoms with Crippen LogP contribution < -0.4 is 0 Å². The number of likely N-dealkylation sites (N-methyl/N-ethyl adjacent to an activating group) is 1. The number of carbonyl (C=O) groups is 1. The van der Waals surface area contributed by atoms with Crippen molar-refractivity contribution in [2.75, 3.05) is 27.7 Å². The molecule has 0 aromatic carbocycles. The van der Waals surface area contributed by atoms with E-state index in [0.717, 1.165) is 24.4 Å². The highest BCUT2D eigenvalue weighted by atomic mass is 16.5. The molecule has 0 radical (unpaired) electrons. The lowest BCUT2D eigenvalue weighted by molar-refractivity contribution is 0.0600. The van der Waals surface area contributed by atoms with Crippen molar-refractivity contribution in [3.8, 4) is 0 Å². The van der Waals surface area contributed by atoms with Gasteiger partial charge in [0.25, 0.3) is 0 Å². The summed E-state index contributed by atoms with van der Waals surface area (Å²) in [5.74, 6) is 0.480. The van der Waals surface area contributed by atoms with E-state index in [2.05, 4.69) is 15.1 Å². The third-order valence-corrected chi connectivity index (χ3v) is 2.68. The first kappa shape index (κ1) is 12.5. The number of nitrogens with zero attached hydrogens (tertiary/aromatic N) is 4. The molecule has 0 atom stereocenters.